The average Bonchev–Trinajstić information content (AvgIpc) is 2.96. The van der Waals surface area contributed by atoms with E-state index in [2.05, 4.69) is 16.5 Å². The third-order valence-corrected chi connectivity index (χ3v) is 3.79. The molecule has 19 heavy (non-hydrogen) atoms. The summed E-state index contributed by atoms with van der Waals surface area (Å²) in [5.41, 5.74) is 2.41. The Morgan fingerprint density at radius 1 is 1.37 bits per heavy atom. The normalized spacial score (nSPS) is 10.8. The van der Waals surface area contributed by atoms with E-state index in [1.165, 1.54) is 22.2 Å². The van der Waals surface area contributed by atoms with E-state index in [-0.39, 0.29) is 5.56 Å². The zero-order valence-corrected chi connectivity index (χ0v) is 11.1. The lowest BCUT2D eigenvalue weighted by atomic mass is 10.1. The minimum Gasteiger partial charge on any atom is -0.302 e. The van der Waals surface area contributed by atoms with E-state index < -0.39 is 0 Å². The first kappa shape index (κ1) is 11.8. The summed E-state index contributed by atoms with van der Waals surface area (Å²) in [5.74, 6) is 0. The van der Waals surface area contributed by atoms with Crippen LogP contribution in [-0.2, 0) is 7.05 Å². The highest BCUT2D eigenvalue weighted by Crippen LogP contribution is 2.24. The van der Waals surface area contributed by atoms with Crippen LogP contribution in [0.4, 0.5) is 0 Å². The molecule has 0 amide bonds. The highest BCUT2D eigenvalue weighted by atomic mass is 32.1. The fraction of sp³-hybridized carbons (Fsp3) is 0.0714. The Hall–Kier alpha value is -2.27. The molecule has 0 aliphatic heterocycles. The van der Waals surface area contributed by atoms with Crippen molar-refractivity contribution in [3.8, 4) is 0 Å². The Balaban J connectivity index is 2.15. The van der Waals surface area contributed by atoms with E-state index in [4.69, 9.17) is 0 Å². The Morgan fingerprint density at radius 3 is 2.95 bits per heavy atom. The number of thiazole rings is 1. The van der Waals surface area contributed by atoms with Gasteiger partial charge in [0, 0.05) is 24.2 Å². The van der Waals surface area contributed by atoms with E-state index in [1.807, 2.05) is 17.5 Å². The van der Waals surface area contributed by atoms with Crippen LogP contribution in [0, 0.1) is 0 Å². The predicted molar refractivity (Wildman–Crippen MR) is 77.2 cm³/mol. The molecule has 1 aromatic carbocycles. The second-order valence-electron chi connectivity index (χ2n) is 4.21. The molecule has 0 N–H and O–H groups in total. The van der Waals surface area contributed by atoms with Gasteiger partial charge in [-0.3, -0.25) is 4.79 Å². The molecule has 4 nitrogen and oxygen atoms in total. The van der Waals surface area contributed by atoms with Crippen molar-refractivity contribution in [1.82, 2.24) is 14.5 Å². The standard InChI is InChI=1S/C14H11N3OS/c1-9(13-15-5-6-19-13)10-3-4-11-12(7-10)16-8-17(2)14(11)18/h3-8H,1H2,2H3. The first-order valence-electron chi connectivity index (χ1n) is 5.71. The monoisotopic (exact) mass is 269 g/mol. The van der Waals surface area contributed by atoms with E-state index in [1.54, 1.807) is 19.3 Å². The van der Waals surface area contributed by atoms with Crippen molar-refractivity contribution in [1.29, 1.82) is 0 Å². The first-order valence-corrected chi connectivity index (χ1v) is 6.59. The Morgan fingerprint density at radius 2 is 2.21 bits per heavy atom. The smallest absolute Gasteiger partial charge is 0.260 e. The summed E-state index contributed by atoms with van der Waals surface area (Å²) in [6.45, 7) is 4.05. The third kappa shape index (κ3) is 1.98. The highest BCUT2D eigenvalue weighted by molar-refractivity contribution is 7.10. The number of benzene rings is 1. The molecule has 2 heterocycles. The quantitative estimate of drug-likeness (QED) is 0.718. The summed E-state index contributed by atoms with van der Waals surface area (Å²) in [6, 6.07) is 5.55. The van der Waals surface area contributed by atoms with E-state index >= 15 is 0 Å². The van der Waals surface area contributed by atoms with Gasteiger partial charge in [-0.15, -0.1) is 11.3 Å². The molecule has 0 aliphatic carbocycles. The van der Waals surface area contributed by atoms with Gasteiger partial charge in [-0.25, -0.2) is 9.97 Å². The molecule has 0 atom stereocenters. The number of aromatic nitrogens is 3. The summed E-state index contributed by atoms with van der Waals surface area (Å²) in [4.78, 5) is 20.4. The van der Waals surface area contributed by atoms with Gasteiger partial charge >= 0.3 is 0 Å². The van der Waals surface area contributed by atoms with Crippen molar-refractivity contribution in [2.45, 2.75) is 0 Å². The zero-order valence-electron chi connectivity index (χ0n) is 10.3. The van der Waals surface area contributed by atoms with Gasteiger partial charge < -0.3 is 4.57 Å². The molecule has 2 aromatic heterocycles. The molecule has 5 heteroatoms. The Bertz CT molecular complexity index is 818. The van der Waals surface area contributed by atoms with Gasteiger partial charge in [0.1, 0.15) is 5.01 Å². The van der Waals surface area contributed by atoms with Crippen LogP contribution in [-0.4, -0.2) is 14.5 Å². The van der Waals surface area contributed by atoms with Crippen molar-refractivity contribution in [2.24, 2.45) is 7.05 Å². The summed E-state index contributed by atoms with van der Waals surface area (Å²) in [6.07, 6.45) is 3.28. The number of aryl methyl sites for hydroxylation is 1. The van der Waals surface area contributed by atoms with Gasteiger partial charge in [-0.2, -0.15) is 0 Å². The summed E-state index contributed by atoms with van der Waals surface area (Å²) in [5, 5.41) is 3.40. The number of nitrogens with zero attached hydrogens (tertiary/aromatic N) is 3. The van der Waals surface area contributed by atoms with Crippen LogP contribution in [0.15, 0.2) is 47.5 Å². The molecular weight excluding hydrogens is 258 g/mol. The number of rotatable bonds is 2. The maximum atomic E-state index is 11.9. The Kier molecular flexibility index (Phi) is 2.76. The fourth-order valence-electron chi connectivity index (χ4n) is 1.89. The molecule has 0 radical (unpaired) electrons. The highest BCUT2D eigenvalue weighted by Gasteiger charge is 2.08. The molecule has 0 aliphatic rings. The summed E-state index contributed by atoms with van der Waals surface area (Å²) >= 11 is 1.54. The summed E-state index contributed by atoms with van der Waals surface area (Å²) < 4.78 is 1.47. The van der Waals surface area contributed by atoms with E-state index in [0.29, 0.717) is 10.9 Å². The topological polar surface area (TPSA) is 47.8 Å². The van der Waals surface area contributed by atoms with Crippen LogP contribution in [0.1, 0.15) is 10.6 Å². The van der Waals surface area contributed by atoms with Crippen molar-refractivity contribution < 1.29 is 0 Å². The van der Waals surface area contributed by atoms with Gasteiger partial charge in [0.2, 0.25) is 0 Å². The predicted octanol–water partition coefficient (Wildman–Crippen LogP) is 2.45. The second kappa shape index (κ2) is 4.44. The third-order valence-electron chi connectivity index (χ3n) is 2.96. The van der Waals surface area contributed by atoms with E-state index in [0.717, 1.165) is 16.1 Å². The molecule has 0 spiro atoms. The van der Waals surface area contributed by atoms with Gasteiger partial charge in [0.15, 0.2) is 0 Å². The van der Waals surface area contributed by atoms with Crippen molar-refractivity contribution in [3.05, 3.63) is 63.6 Å². The first-order chi connectivity index (χ1) is 9.16. The van der Waals surface area contributed by atoms with Crippen LogP contribution in [0.3, 0.4) is 0 Å². The lowest BCUT2D eigenvalue weighted by molar-refractivity contribution is 0.843. The minimum atomic E-state index is -0.0450. The van der Waals surface area contributed by atoms with Crippen LogP contribution >= 0.6 is 11.3 Å². The lowest BCUT2D eigenvalue weighted by Gasteiger charge is -2.05. The SMILES string of the molecule is C=C(c1ccc2c(=O)n(C)cnc2c1)c1nccs1. The number of fused-ring (bicyclic) bond motifs is 1. The van der Waals surface area contributed by atoms with Crippen LogP contribution in [0.2, 0.25) is 0 Å². The fourth-order valence-corrected chi connectivity index (χ4v) is 2.53. The maximum absolute atomic E-state index is 11.9. The van der Waals surface area contributed by atoms with Gasteiger partial charge in [0.25, 0.3) is 5.56 Å². The van der Waals surface area contributed by atoms with Crippen LogP contribution in [0.5, 0.6) is 0 Å². The maximum Gasteiger partial charge on any atom is 0.260 e. The minimum absolute atomic E-state index is 0.0450. The molecule has 0 saturated carbocycles. The average molecular weight is 269 g/mol. The molecule has 0 unspecified atom stereocenters. The van der Waals surface area contributed by atoms with Crippen molar-refractivity contribution in [3.63, 3.8) is 0 Å². The second-order valence-corrected chi connectivity index (χ2v) is 5.10. The van der Waals surface area contributed by atoms with Crippen molar-refractivity contribution >= 4 is 27.8 Å². The van der Waals surface area contributed by atoms with Crippen LogP contribution < -0.4 is 5.56 Å². The molecule has 3 rings (SSSR count). The molecule has 0 saturated heterocycles. The van der Waals surface area contributed by atoms with E-state index in [9.17, 15) is 4.79 Å². The van der Waals surface area contributed by atoms with Crippen molar-refractivity contribution in [2.75, 3.05) is 0 Å². The Labute approximate surface area is 113 Å². The molecule has 3 aromatic rings. The van der Waals surface area contributed by atoms with Gasteiger partial charge in [-0.1, -0.05) is 12.6 Å². The lowest BCUT2D eigenvalue weighted by Crippen LogP contribution is -2.16. The molecule has 0 bridgehead atoms. The largest absolute Gasteiger partial charge is 0.302 e. The van der Waals surface area contributed by atoms with Crippen LogP contribution in [0.25, 0.3) is 16.5 Å². The molecular formula is C14H11N3OS. The number of hydrogen-bond donors (Lipinski definition) is 0. The zero-order chi connectivity index (χ0) is 13.4. The van der Waals surface area contributed by atoms with Gasteiger partial charge in [-0.05, 0) is 17.7 Å². The molecule has 0 fully saturated rings. The van der Waals surface area contributed by atoms with Gasteiger partial charge in [0.05, 0.1) is 17.2 Å². The number of hydrogen-bond acceptors (Lipinski definition) is 4. The summed E-state index contributed by atoms with van der Waals surface area (Å²) in [7, 11) is 1.69. The molecule has 94 valence electrons.